The van der Waals surface area contributed by atoms with E-state index in [1.165, 1.54) is 0 Å². The minimum Gasteiger partial charge on any atom is -0.350 e. The molecule has 4 amide bonds. The van der Waals surface area contributed by atoms with Gasteiger partial charge in [-0.15, -0.1) is 0 Å². The smallest absolute Gasteiger partial charge is 0.262 e. The van der Waals surface area contributed by atoms with Gasteiger partial charge in [-0.25, -0.2) is 0 Å². The third-order valence-electron chi connectivity index (χ3n) is 5.70. The Morgan fingerprint density at radius 2 is 2.03 bits per heavy atom. The van der Waals surface area contributed by atoms with Crippen LogP contribution in [0.5, 0.6) is 0 Å². The van der Waals surface area contributed by atoms with Crippen LogP contribution < -0.4 is 16.0 Å². The molecule has 4 heterocycles. The number of piperidine rings is 1. The molecule has 0 spiro atoms. The first-order valence-corrected chi connectivity index (χ1v) is 9.80. The second kappa shape index (κ2) is 7.06. The van der Waals surface area contributed by atoms with Crippen LogP contribution in [-0.4, -0.2) is 46.3 Å². The number of amides is 4. The highest BCUT2D eigenvalue weighted by molar-refractivity contribution is 6.24. The van der Waals surface area contributed by atoms with Gasteiger partial charge in [0.05, 0.1) is 22.4 Å². The molecule has 154 valence electrons. The summed E-state index contributed by atoms with van der Waals surface area (Å²) < 4.78 is 5.40. The quantitative estimate of drug-likeness (QED) is 0.616. The molecule has 10 nitrogen and oxygen atoms in total. The molecule has 3 N–H and O–H groups in total. The highest BCUT2D eigenvalue weighted by Gasteiger charge is 2.45. The third-order valence-corrected chi connectivity index (χ3v) is 5.70. The monoisotopic (exact) mass is 409 g/mol. The number of imide groups is 2. The maximum atomic E-state index is 13.1. The molecule has 30 heavy (non-hydrogen) atoms. The molecule has 3 aliphatic rings. The van der Waals surface area contributed by atoms with Crippen molar-refractivity contribution in [1.82, 2.24) is 20.7 Å². The van der Waals surface area contributed by atoms with E-state index in [2.05, 4.69) is 21.1 Å². The van der Waals surface area contributed by atoms with Crippen LogP contribution in [0.25, 0.3) is 0 Å². The van der Waals surface area contributed by atoms with Crippen LogP contribution in [0.1, 0.15) is 50.4 Å². The highest BCUT2D eigenvalue weighted by atomic mass is 16.5. The lowest BCUT2D eigenvalue weighted by Crippen LogP contribution is -2.54. The Morgan fingerprint density at radius 3 is 2.87 bits per heavy atom. The van der Waals surface area contributed by atoms with E-state index in [1.54, 1.807) is 18.2 Å². The summed E-state index contributed by atoms with van der Waals surface area (Å²) in [6.07, 6.45) is 0.999. The molecule has 0 saturated carbocycles. The normalized spacial score (nSPS) is 20.8. The summed E-state index contributed by atoms with van der Waals surface area (Å²) in [5.74, 6) is -1.53. The number of hydrogen-bond donors (Lipinski definition) is 3. The van der Waals surface area contributed by atoms with E-state index in [0.29, 0.717) is 18.0 Å². The summed E-state index contributed by atoms with van der Waals surface area (Å²) in [4.78, 5) is 50.6. The summed E-state index contributed by atoms with van der Waals surface area (Å²) in [6, 6.07) is 4.05. The second-order valence-electron chi connectivity index (χ2n) is 7.50. The van der Waals surface area contributed by atoms with Crippen molar-refractivity contribution < 1.29 is 23.7 Å². The zero-order valence-corrected chi connectivity index (χ0v) is 16.0. The van der Waals surface area contributed by atoms with E-state index in [0.717, 1.165) is 29.1 Å². The topological polar surface area (TPSA) is 134 Å². The first kappa shape index (κ1) is 18.5. The van der Waals surface area contributed by atoms with E-state index >= 15 is 0 Å². The van der Waals surface area contributed by atoms with Crippen molar-refractivity contribution in [2.45, 2.75) is 38.4 Å². The standard InChI is InChI=1S/C20H19N5O5/c26-15-5-4-14(17(27)23-15)25-19(28)11-3-1-2-10(16(11)20(25)29)8-22-18-12-9-21-7-6-13(12)24-30-18/h1-3,14,21-22H,4-9H2,(H,23,26,27). The van der Waals surface area contributed by atoms with Crippen LogP contribution in [0, 0.1) is 0 Å². The zero-order chi connectivity index (χ0) is 20.8. The van der Waals surface area contributed by atoms with Gasteiger partial charge in [0.1, 0.15) is 6.04 Å². The molecule has 2 aromatic rings. The van der Waals surface area contributed by atoms with Crippen LogP contribution in [-0.2, 0) is 29.1 Å². The van der Waals surface area contributed by atoms with Gasteiger partial charge in [0.25, 0.3) is 11.8 Å². The summed E-state index contributed by atoms with van der Waals surface area (Å²) in [5.41, 5.74) is 3.01. The molecule has 1 aromatic heterocycles. The van der Waals surface area contributed by atoms with Crippen LogP contribution >= 0.6 is 0 Å². The van der Waals surface area contributed by atoms with Gasteiger partial charge in [0.2, 0.25) is 17.7 Å². The lowest BCUT2D eigenvalue weighted by Gasteiger charge is -2.27. The Balaban J connectivity index is 1.40. The van der Waals surface area contributed by atoms with E-state index in [1.807, 2.05) is 0 Å². The van der Waals surface area contributed by atoms with Gasteiger partial charge in [-0.3, -0.25) is 29.4 Å². The highest BCUT2D eigenvalue weighted by Crippen LogP contribution is 2.31. The van der Waals surface area contributed by atoms with Gasteiger partial charge in [0.15, 0.2) is 0 Å². The van der Waals surface area contributed by atoms with Crippen LogP contribution in [0.15, 0.2) is 22.7 Å². The first-order chi connectivity index (χ1) is 14.5. The molecule has 1 fully saturated rings. The largest absolute Gasteiger partial charge is 0.350 e. The Labute approximate surface area is 171 Å². The van der Waals surface area contributed by atoms with Gasteiger partial charge >= 0.3 is 0 Å². The van der Waals surface area contributed by atoms with Crippen LogP contribution in [0.2, 0.25) is 0 Å². The minimum absolute atomic E-state index is 0.0862. The summed E-state index contributed by atoms with van der Waals surface area (Å²) in [6.45, 7) is 1.75. The number of rotatable bonds is 4. The van der Waals surface area contributed by atoms with Crippen molar-refractivity contribution in [2.24, 2.45) is 0 Å². The number of anilines is 1. The van der Waals surface area contributed by atoms with Gasteiger partial charge in [0, 0.05) is 32.5 Å². The number of benzene rings is 1. The van der Waals surface area contributed by atoms with Crippen molar-refractivity contribution in [1.29, 1.82) is 0 Å². The van der Waals surface area contributed by atoms with Crippen molar-refractivity contribution in [3.63, 3.8) is 0 Å². The molecular weight excluding hydrogens is 390 g/mol. The van der Waals surface area contributed by atoms with Gasteiger partial charge in [-0.05, 0) is 18.1 Å². The Kier molecular flexibility index (Phi) is 4.35. The molecule has 0 aliphatic carbocycles. The lowest BCUT2D eigenvalue weighted by atomic mass is 10.0. The van der Waals surface area contributed by atoms with E-state index in [-0.39, 0.29) is 30.5 Å². The third kappa shape index (κ3) is 2.88. The van der Waals surface area contributed by atoms with Crippen molar-refractivity contribution in [2.75, 3.05) is 11.9 Å². The van der Waals surface area contributed by atoms with Crippen molar-refractivity contribution in [3.05, 3.63) is 46.1 Å². The fourth-order valence-electron chi connectivity index (χ4n) is 4.19. The molecular formula is C20H19N5O5. The van der Waals surface area contributed by atoms with Crippen LogP contribution in [0.3, 0.4) is 0 Å². The van der Waals surface area contributed by atoms with Crippen LogP contribution in [0.4, 0.5) is 5.88 Å². The fourth-order valence-corrected chi connectivity index (χ4v) is 4.19. The lowest BCUT2D eigenvalue weighted by molar-refractivity contribution is -0.136. The predicted molar refractivity (Wildman–Crippen MR) is 102 cm³/mol. The maximum Gasteiger partial charge on any atom is 0.262 e. The number of aromatic nitrogens is 1. The van der Waals surface area contributed by atoms with E-state index in [4.69, 9.17) is 4.52 Å². The Morgan fingerprint density at radius 1 is 1.17 bits per heavy atom. The predicted octanol–water partition coefficient (Wildman–Crippen LogP) is 0.334. The van der Waals surface area contributed by atoms with E-state index in [9.17, 15) is 19.2 Å². The molecule has 1 unspecified atom stereocenters. The number of fused-ring (bicyclic) bond motifs is 2. The molecule has 1 aromatic carbocycles. The summed E-state index contributed by atoms with van der Waals surface area (Å²) in [5, 5.41) is 12.7. The maximum absolute atomic E-state index is 13.1. The zero-order valence-electron chi connectivity index (χ0n) is 16.0. The Hall–Kier alpha value is -3.53. The Bertz CT molecular complexity index is 1090. The summed E-state index contributed by atoms with van der Waals surface area (Å²) >= 11 is 0. The average Bonchev–Trinajstić information content (AvgIpc) is 3.26. The van der Waals surface area contributed by atoms with Crippen molar-refractivity contribution in [3.8, 4) is 0 Å². The SMILES string of the molecule is O=C1CCC(N2C(=O)c3cccc(CNc4onc5c4CNCC5)c3C2=O)C(=O)N1. The summed E-state index contributed by atoms with van der Waals surface area (Å²) in [7, 11) is 0. The van der Waals surface area contributed by atoms with Gasteiger partial charge in [-0.2, -0.15) is 0 Å². The van der Waals surface area contributed by atoms with Gasteiger partial charge in [-0.1, -0.05) is 17.3 Å². The number of carbonyl (C=O) groups is 4. The number of nitrogens with one attached hydrogen (secondary N) is 3. The number of carbonyl (C=O) groups excluding carboxylic acids is 4. The molecule has 10 heteroatoms. The number of nitrogens with zero attached hydrogens (tertiary/aromatic N) is 2. The molecule has 3 aliphatic heterocycles. The fraction of sp³-hybridized carbons (Fsp3) is 0.350. The molecule has 0 radical (unpaired) electrons. The molecule has 0 bridgehead atoms. The number of hydrogen-bond acceptors (Lipinski definition) is 8. The molecule has 1 atom stereocenters. The second-order valence-corrected chi connectivity index (χ2v) is 7.50. The van der Waals surface area contributed by atoms with E-state index < -0.39 is 29.7 Å². The minimum atomic E-state index is -0.983. The molecule has 1 saturated heterocycles. The van der Waals surface area contributed by atoms with Gasteiger partial charge < -0.3 is 15.2 Å². The first-order valence-electron chi connectivity index (χ1n) is 9.80. The average molecular weight is 409 g/mol. The molecule has 5 rings (SSSR count). The van der Waals surface area contributed by atoms with Crippen molar-refractivity contribution >= 4 is 29.5 Å².